The SMILES string of the molecule is C[C@@H]1OC(O[C@H]2[C@H](O[C@@H]3O[C@H](CO)[C@H](O)[C@H](O[C@@H](CC4CCCCC4)C(=O)O)[C@H]3OC(=O)c3ccccc3)C[C@H](C(=O)NCCNC(=O)OCCOCC(=O)Nc3cccc(CNc4cc(S(=O)(=O)O)cc5cc(S(=O)(=O)O)cc(S(=O)(=O)O)c45)c3)C[C@@H]2n2cc(-c3cccc(F)c3)nn2)[C@@H](O)[C@H](O)[C@@H]1O. The van der Waals surface area contributed by atoms with E-state index in [0.717, 1.165) is 37.5 Å². The summed E-state index contributed by atoms with van der Waals surface area (Å²) in [6, 6.07) is 20.5. The van der Waals surface area contributed by atoms with E-state index in [0.29, 0.717) is 24.5 Å². The summed E-state index contributed by atoms with van der Waals surface area (Å²) in [4.78, 5) is 64.9. The van der Waals surface area contributed by atoms with Gasteiger partial charge in [-0.3, -0.25) is 23.2 Å². The third kappa shape index (κ3) is 20.5. The molecule has 106 heavy (non-hydrogen) atoms. The third-order valence-corrected chi connectivity index (χ3v) is 20.9. The van der Waals surface area contributed by atoms with Gasteiger partial charge in [-0.2, -0.15) is 25.3 Å². The Kier molecular flexibility index (Phi) is 26.6. The molecule has 2 saturated heterocycles. The van der Waals surface area contributed by atoms with Crippen molar-refractivity contribution in [1.82, 2.24) is 25.6 Å². The standard InChI is InChI=1S/C67H80FN7O28S3/c1-35-55(78)57(80)58(81)65(98-35)103-59-48(75-32-47(73-74-75)39-15-9-16-42(68)24-39)27-41(28-49(59)100-66-61(102-64(85)38-13-6-3-7-14-38)60(56(79)51(33-76)101-66)99-50(63(83)84)23-36-10-4-2-5-11-36)62(82)69-18-19-70-67(86)97-21-20-96-34-53(77)72-43-17-8-12-37(22-43)31-71-46-29-44(104(87,88)89)25-40-26-45(105(90,91)92)30-52(54(40)46)106(93,94)95/h3,6-9,12-17,22,24-26,29-30,32,35-36,41,48-51,55-61,65-66,71,76,78-81H,2,4-5,10-11,18-21,23,27-28,31,33-34H2,1H3,(H,69,82)(H,70,86)(H,72,77)(H,83,84)(H,87,88,89)(H,90,91,92)(H,93,94,95)/t35-,41+,48-,49+,50-,51+,55+,56-,57+,58-,59+,60-,61+,65?,66+/m0/s1. The molecular formula is C67H80FN7O28S3. The summed E-state index contributed by atoms with van der Waals surface area (Å²) < 4.78 is 167. The molecule has 2 aliphatic heterocycles. The molecule has 4 aliphatic rings. The van der Waals surface area contributed by atoms with Gasteiger partial charge >= 0.3 is 18.0 Å². The van der Waals surface area contributed by atoms with Gasteiger partial charge in [-0.1, -0.05) is 79.8 Å². The van der Waals surface area contributed by atoms with Gasteiger partial charge < -0.3 is 89.8 Å². The number of esters is 1. The Morgan fingerprint density at radius 2 is 1.43 bits per heavy atom. The van der Waals surface area contributed by atoms with Crippen LogP contribution in [0.25, 0.3) is 22.0 Å². The van der Waals surface area contributed by atoms with Gasteiger partial charge in [-0.15, -0.1) is 5.10 Å². The minimum atomic E-state index is -5.24. The Morgan fingerprint density at radius 1 is 0.726 bits per heavy atom. The number of carboxylic acid groups (broad SMARTS) is 1. The first-order chi connectivity index (χ1) is 50.3. The number of benzene rings is 5. The van der Waals surface area contributed by atoms with Gasteiger partial charge in [0.1, 0.15) is 72.3 Å². The molecule has 13 N–H and O–H groups in total. The maximum atomic E-state index is 14.7. The van der Waals surface area contributed by atoms with Crippen LogP contribution in [0.2, 0.25) is 0 Å². The largest absolute Gasteiger partial charge is 0.479 e. The summed E-state index contributed by atoms with van der Waals surface area (Å²) in [7, 11) is -15.4. The molecule has 4 fully saturated rings. The van der Waals surface area contributed by atoms with Gasteiger partial charge in [0.05, 0.1) is 53.0 Å². The molecule has 576 valence electrons. The number of carbonyl (C=O) groups is 5. The number of hydrogen-bond donors (Lipinski definition) is 13. The third-order valence-electron chi connectivity index (χ3n) is 18.4. The van der Waals surface area contributed by atoms with Crippen LogP contribution < -0.4 is 21.3 Å². The molecular weight excluding hydrogens is 1470 g/mol. The number of nitrogens with zero attached hydrogens (tertiary/aromatic N) is 3. The molecule has 35 nitrogen and oxygen atoms in total. The fourth-order valence-corrected chi connectivity index (χ4v) is 15.0. The van der Waals surface area contributed by atoms with Crippen molar-refractivity contribution in [2.75, 3.05) is 50.2 Å². The van der Waals surface area contributed by atoms with E-state index in [4.69, 9.17) is 37.9 Å². The average molecular weight is 1550 g/mol. The fraction of sp³-hybridized carbons (Fsp3) is 0.478. The summed E-state index contributed by atoms with van der Waals surface area (Å²) in [6.45, 7) is -1.46. The normalized spacial score (nSPS) is 25.6. The molecule has 3 amide bonds. The second kappa shape index (κ2) is 35.1. The van der Waals surface area contributed by atoms with E-state index >= 15 is 0 Å². The van der Waals surface area contributed by atoms with Gasteiger partial charge in [0.2, 0.25) is 11.8 Å². The van der Waals surface area contributed by atoms with Crippen molar-refractivity contribution in [3.8, 4) is 11.3 Å². The van der Waals surface area contributed by atoms with Crippen LogP contribution in [0.1, 0.15) is 80.3 Å². The fourth-order valence-electron chi connectivity index (χ4n) is 13.1. The van der Waals surface area contributed by atoms with Crippen molar-refractivity contribution in [2.45, 2.75) is 165 Å². The second-order valence-electron chi connectivity index (χ2n) is 25.8. The Bertz CT molecular complexity index is 4460. The zero-order valence-electron chi connectivity index (χ0n) is 56.5. The highest BCUT2D eigenvalue weighted by Crippen LogP contribution is 2.43. The zero-order valence-corrected chi connectivity index (χ0v) is 58.9. The van der Waals surface area contributed by atoms with Crippen molar-refractivity contribution < 1.29 is 136 Å². The van der Waals surface area contributed by atoms with Crippen LogP contribution in [0.5, 0.6) is 0 Å². The lowest BCUT2D eigenvalue weighted by atomic mass is 9.80. The molecule has 39 heteroatoms. The van der Waals surface area contributed by atoms with Crippen LogP contribution in [0.4, 0.5) is 20.6 Å². The number of nitrogens with one attached hydrogen (secondary N) is 4. The van der Waals surface area contributed by atoms with E-state index in [1.54, 1.807) is 30.3 Å². The maximum Gasteiger partial charge on any atom is 0.407 e. The average Bonchev–Trinajstić information content (AvgIpc) is 0.807. The van der Waals surface area contributed by atoms with Gasteiger partial charge in [-0.25, -0.2) is 23.5 Å². The quantitative estimate of drug-likeness (QED) is 0.0175. The Hall–Kier alpha value is -8.33. The molecule has 0 bridgehead atoms. The van der Waals surface area contributed by atoms with Crippen molar-refractivity contribution in [3.63, 3.8) is 0 Å². The number of aliphatic carboxylic acids is 1. The van der Waals surface area contributed by atoms with E-state index in [1.165, 1.54) is 66.3 Å². The van der Waals surface area contributed by atoms with Gasteiger partial charge in [0.25, 0.3) is 30.4 Å². The molecule has 1 aromatic heterocycles. The smallest absolute Gasteiger partial charge is 0.407 e. The lowest BCUT2D eigenvalue weighted by Gasteiger charge is -2.48. The summed E-state index contributed by atoms with van der Waals surface area (Å²) in [6.07, 6.45) is -18.0. The topological polar surface area (TPSA) is 523 Å². The zero-order chi connectivity index (χ0) is 76.4. The Morgan fingerprint density at radius 3 is 2.12 bits per heavy atom. The van der Waals surface area contributed by atoms with Gasteiger partial charge in [0.15, 0.2) is 24.8 Å². The number of amides is 3. The number of rotatable bonds is 30. The van der Waals surface area contributed by atoms with Crippen LogP contribution in [0, 0.1) is 17.7 Å². The predicted molar refractivity (Wildman–Crippen MR) is 363 cm³/mol. The van der Waals surface area contributed by atoms with E-state index in [9.17, 15) is 97.9 Å². The Balaban J connectivity index is 0.808. The molecule has 3 heterocycles. The lowest BCUT2D eigenvalue weighted by molar-refractivity contribution is -0.348. The summed E-state index contributed by atoms with van der Waals surface area (Å²) in [5.74, 6) is -5.60. The number of fused-ring (bicyclic) bond motifs is 1. The first-order valence-electron chi connectivity index (χ1n) is 33.5. The monoisotopic (exact) mass is 1550 g/mol. The van der Waals surface area contributed by atoms with Crippen LogP contribution >= 0.6 is 0 Å². The molecule has 2 saturated carbocycles. The lowest BCUT2D eigenvalue weighted by Crippen LogP contribution is -2.64. The molecule has 1 unspecified atom stereocenters. The summed E-state index contributed by atoms with van der Waals surface area (Å²) >= 11 is 0. The molecule has 0 radical (unpaired) electrons. The number of hydrogen-bond acceptors (Lipinski definition) is 27. The van der Waals surface area contributed by atoms with Crippen molar-refractivity contribution in [1.29, 1.82) is 0 Å². The highest BCUT2D eigenvalue weighted by atomic mass is 32.2. The highest BCUT2D eigenvalue weighted by molar-refractivity contribution is 7.87. The van der Waals surface area contributed by atoms with Crippen LogP contribution in [0.3, 0.4) is 0 Å². The first kappa shape index (κ1) is 80.2. The summed E-state index contributed by atoms with van der Waals surface area (Å²) in [5, 5.41) is 84.9. The van der Waals surface area contributed by atoms with E-state index in [2.05, 4.69) is 31.6 Å². The van der Waals surface area contributed by atoms with Crippen molar-refractivity contribution in [3.05, 3.63) is 126 Å². The molecule has 10 rings (SSSR count). The number of carbonyl (C=O) groups excluding carboxylic acids is 4. The predicted octanol–water partition coefficient (Wildman–Crippen LogP) is 2.75. The van der Waals surface area contributed by atoms with Gasteiger partial charge in [0, 0.05) is 47.9 Å². The number of aliphatic hydroxyl groups is 5. The van der Waals surface area contributed by atoms with E-state index < -0.39 is 196 Å². The summed E-state index contributed by atoms with van der Waals surface area (Å²) in [5.41, 5.74) is 0.678. The first-order valence-corrected chi connectivity index (χ1v) is 37.9. The van der Waals surface area contributed by atoms with E-state index in [1.807, 2.05) is 0 Å². The number of halogens is 1. The molecule has 0 spiro atoms. The number of alkyl carbamates (subject to hydrolysis) is 1. The molecule has 2 aliphatic carbocycles. The maximum absolute atomic E-state index is 14.7. The molecule has 5 aromatic carbocycles. The van der Waals surface area contributed by atoms with Crippen LogP contribution in [-0.4, -0.2) is 234 Å². The number of aliphatic hydroxyl groups excluding tert-OH is 5. The minimum Gasteiger partial charge on any atom is -0.479 e. The number of aromatic nitrogens is 3. The van der Waals surface area contributed by atoms with E-state index in [-0.39, 0.29) is 86.2 Å². The number of ether oxygens (including phenoxy) is 8. The van der Waals surface area contributed by atoms with Crippen molar-refractivity contribution >= 4 is 82.3 Å². The van der Waals surface area contributed by atoms with Crippen molar-refractivity contribution in [2.24, 2.45) is 11.8 Å². The van der Waals surface area contributed by atoms with Crippen LogP contribution in [0.15, 0.2) is 124 Å². The second-order valence-corrected chi connectivity index (χ2v) is 30.1. The highest BCUT2D eigenvalue weighted by Gasteiger charge is 2.55. The number of carboxylic acids is 1. The molecule has 6 aromatic rings. The van der Waals surface area contributed by atoms with Crippen LogP contribution in [-0.2, 0) is 89.2 Å². The number of anilines is 2. The minimum absolute atomic E-state index is 0.00207. The Labute approximate surface area is 605 Å². The van der Waals surface area contributed by atoms with Gasteiger partial charge in [-0.05, 0) is 104 Å². The molecule has 15 atom stereocenters.